The largest absolute Gasteiger partial charge is 0.480 e. The maximum atomic E-state index is 11.2. The monoisotopic (exact) mass is 238 g/mol. The van der Waals surface area contributed by atoms with Crippen LogP contribution in [0.5, 0.6) is 0 Å². The highest BCUT2D eigenvalue weighted by molar-refractivity contribution is 6.30. The molecular weight excluding hydrogens is 228 g/mol. The highest BCUT2D eigenvalue weighted by Crippen LogP contribution is 2.31. The minimum absolute atomic E-state index is 0.360. The van der Waals surface area contributed by atoms with Crippen LogP contribution in [-0.4, -0.2) is 20.6 Å². The molecule has 2 aliphatic rings. The summed E-state index contributed by atoms with van der Waals surface area (Å²) in [6.45, 7) is 3.19. The van der Waals surface area contributed by atoms with Gasteiger partial charge in [0.1, 0.15) is 16.5 Å². The molecule has 0 saturated carbocycles. The second-order valence-electron chi connectivity index (χ2n) is 4.08. The third-order valence-corrected chi connectivity index (χ3v) is 2.91. The average molecular weight is 239 g/mol. The van der Waals surface area contributed by atoms with Crippen molar-refractivity contribution >= 4 is 17.6 Å². The third-order valence-electron chi connectivity index (χ3n) is 2.62. The first-order valence-corrected chi connectivity index (χ1v) is 5.18. The van der Waals surface area contributed by atoms with Gasteiger partial charge in [-0.2, -0.15) is 0 Å². The number of aromatic nitrogens is 2. The van der Waals surface area contributed by atoms with Crippen molar-refractivity contribution in [2.45, 2.75) is 19.4 Å². The number of carboxylic acids is 1. The number of rotatable bonds is 2. The number of aliphatic carboxylic acids is 1. The van der Waals surface area contributed by atoms with Gasteiger partial charge in [-0.1, -0.05) is 11.6 Å². The first kappa shape index (κ1) is 11.0. The summed E-state index contributed by atoms with van der Waals surface area (Å²) in [6, 6.07) is 5.31. The van der Waals surface area contributed by atoms with E-state index in [1.807, 2.05) is 12.1 Å². The first-order valence-electron chi connectivity index (χ1n) is 4.80. The van der Waals surface area contributed by atoms with E-state index in [9.17, 15) is 9.90 Å². The Hall–Kier alpha value is -1.55. The summed E-state index contributed by atoms with van der Waals surface area (Å²) in [6.07, 6.45) is 1.63. The molecule has 0 aromatic carbocycles. The maximum absolute atomic E-state index is 11.2. The fourth-order valence-corrected chi connectivity index (χ4v) is 1.97. The highest BCUT2D eigenvalue weighted by atomic mass is 35.5. The fraction of sp³-hybridized carbons (Fsp3) is 0.273. The Kier molecular flexibility index (Phi) is 2.39. The standard InChI is InChI=1S/C11H11ClN2O2/c1-11(2,10(15)16)14-8(12)4-3-7-5-6-13-9(7)14/h3-6H,1-2H3,(H,15,16). The van der Waals surface area contributed by atoms with E-state index >= 15 is 0 Å². The van der Waals surface area contributed by atoms with Gasteiger partial charge in [0.2, 0.25) is 0 Å². The van der Waals surface area contributed by atoms with E-state index in [1.54, 1.807) is 26.1 Å². The molecule has 84 valence electrons. The zero-order valence-electron chi connectivity index (χ0n) is 8.94. The van der Waals surface area contributed by atoms with E-state index in [-0.39, 0.29) is 0 Å². The van der Waals surface area contributed by atoms with Gasteiger partial charge in [0, 0.05) is 11.8 Å². The van der Waals surface area contributed by atoms with Gasteiger partial charge < -0.3 is 5.11 Å². The molecule has 0 atom stereocenters. The van der Waals surface area contributed by atoms with Gasteiger partial charge in [0.05, 0.1) is 0 Å². The Morgan fingerprint density at radius 2 is 2.12 bits per heavy atom. The smallest absolute Gasteiger partial charge is 0.329 e. The lowest BCUT2D eigenvalue weighted by Gasteiger charge is -2.27. The molecule has 16 heavy (non-hydrogen) atoms. The van der Waals surface area contributed by atoms with Crippen LogP contribution in [0.15, 0.2) is 24.4 Å². The predicted molar refractivity (Wildman–Crippen MR) is 60.8 cm³/mol. The van der Waals surface area contributed by atoms with Crippen LogP contribution in [0.4, 0.5) is 0 Å². The van der Waals surface area contributed by atoms with Crippen LogP contribution < -0.4 is 0 Å². The van der Waals surface area contributed by atoms with Crippen LogP contribution in [0.3, 0.4) is 0 Å². The molecule has 1 N–H and O–H groups in total. The van der Waals surface area contributed by atoms with Crippen molar-refractivity contribution in [1.82, 2.24) is 9.55 Å². The van der Waals surface area contributed by atoms with Crippen LogP contribution in [0.2, 0.25) is 5.15 Å². The number of nitrogens with zero attached hydrogens (tertiary/aromatic N) is 2. The molecule has 0 fully saturated rings. The Labute approximate surface area is 97.8 Å². The molecule has 5 heteroatoms. The van der Waals surface area contributed by atoms with Crippen LogP contribution in [0, 0.1) is 0 Å². The Bertz CT molecular complexity index is 519. The normalized spacial score (nSPS) is 11.9. The lowest BCUT2D eigenvalue weighted by molar-refractivity contribution is -0.145. The van der Waals surface area contributed by atoms with E-state index < -0.39 is 11.5 Å². The van der Waals surface area contributed by atoms with Gasteiger partial charge in [0.15, 0.2) is 0 Å². The minimum Gasteiger partial charge on any atom is -0.480 e. The molecule has 2 aliphatic heterocycles. The molecule has 0 aromatic heterocycles. The Balaban J connectivity index is 2.73. The van der Waals surface area contributed by atoms with E-state index in [1.165, 1.54) is 4.57 Å². The lowest BCUT2D eigenvalue weighted by atomic mass is 10.0. The summed E-state index contributed by atoms with van der Waals surface area (Å²) in [5.74, 6) is -0.366. The van der Waals surface area contributed by atoms with Crippen molar-refractivity contribution in [2.75, 3.05) is 0 Å². The second kappa shape index (κ2) is 3.49. The fourth-order valence-electron chi connectivity index (χ4n) is 1.62. The zero-order valence-corrected chi connectivity index (χ0v) is 9.69. The quantitative estimate of drug-likeness (QED) is 0.818. The van der Waals surface area contributed by atoms with Crippen LogP contribution in [-0.2, 0) is 10.3 Å². The Morgan fingerprint density at radius 1 is 1.44 bits per heavy atom. The van der Waals surface area contributed by atoms with E-state index in [0.29, 0.717) is 11.0 Å². The number of fused-ring (bicyclic) bond motifs is 1. The summed E-state index contributed by atoms with van der Waals surface area (Å²) in [7, 11) is 0. The zero-order chi connectivity index (χ0) is 11.9. The first-order chi connectivity index (χ1) is 7.44. The molecule has 0 aromatic rings. The molecule has 0 amide bonds. The van der Waals surface area contributed by atoms with Crippen molar-refractivity contribution in [2.24, 2.45) is 0 Å². The van der Waals surface area contributed by atoms with Crippen molar-refractivity contribution in [3.05, 3.63) is 29.5 Å². The molecule has 0 aliphatic carbocycles. The van der Waals surface area contributed by atoms with Gasteiger partial charge in [0.25, 0.3) is 0 Å². The van der Waals surface area contributed by atoms with Crippen LogP contribution >= 0.6 is 11.6 Å². The number of halogens is 1. The molecule has 0 bridgehead atoms. The Morgan fingerprint density at radius 3 is 2.75 bits per heavy atom. The molecule has 2 rings (SSSR count). The van der Waals surface area contributed by atoms with Crippen molar-refractivity contribution in [3.63, 3.8) is 0 Å². The van der Waals surface area contributed by atoms with Crippen LogP contribution in [0.1, 0.15) is 13.8 Å². The van der Waals surface area contributed by atoms with Crippen molar-refractivity contribution in [1.29, 1.82) is 0 Å². The van der Waals surface area contributed by atoms with Crippen LogP contribution in [0.25, 0.3) is 11.4 Å². The van der Waals surface area contributed by atoms with Crippen molar-refractivity contribution < 1.29 is 9.90 Å². The number of hydrogen-bond donors (Lipinski definition) is 1. The van der Waals surface area contributed by atoms with Crippen molar-refractivity contribution in [3.8, 4) is 11.4 Å². The van der Waals surface area contributed by atoms with Gasteiger partial charge in [-0.25, -0.2) is 9.78 Å². The second-order valence-corrected chi connectivity index (χ2v) is 4.47. The van der Waals surface area contributed by atoms with Gasteiger partial charge in [-0.15, -0.1) is 0 Å². The van der Waals surface area contributed by atoms with Gasteiger partial charge >= 0.3 is 5.97 Å². The SMILES string of the molecule is CC(C)(C(=O)O)n1c(Cl)ccc2ccnc1-2. The molecule has 0 unspecified atom stereocenters. The number of carbonyl (C=O) groups is 1. The highest BCUT2D eigenvalue weighted by Gasteiger charge is 2.33. The van der Waals surface area contributed by atoms with E-state index in [0.717, 1.165) is 5.56 Å². The molecule has 4 nitrogen and oxygen atoms in total. The van der Waals surface area contributed by atoms with E-state index in [2.05, 4.69) is 4.98 Å². The minimum atomic E-state index is -1.13. The molecule has 0 saturated heterocycles. The average Bonchev–Trinajstić information content (AvgIpc) is 2.64. The predicted octanol–water partition coefficient (Wildman–Crippen LogP) is 2.46. The molecule has 0 spiro atoms. The summed E-state index contributed by atoms with van der Waals surface area (Å²) in [5, 5.41) is 9.57. The summed E-state index contributed by atoms with van der Waals surface area (Å²) >= 11 is 6.05. The third kappa shape index (κ3) is 1.46. The number of pyridine rings is 1. The summed E-state index contributed by atoms with van der Waals surface area (Å²) in [5.41, 5.74) is -0.253. The van der Waals surface area contributed by atoms with E-state index in [4.69, 9.17) is 11.6 Å². The van der Waals surface area contributed by atoms with Gasteiger partial charge in [-0.05, 0) is 32.0 Å². The topological polar surface area (TPSA) is 55.1 Å². The van der Waals surface area contributed by atoms with Gasteiger partial charge in [-0.3, -0.25) is 4.57 Å². The molecular formula is C11H11ClN2O2. The maximum Gasteiger partial charge on any atom is 0.329 e. The summed E-state index contributed by atoms with van der Waals surface area (Å²) in [4.78, 5) is 15.4. The molecule has 0 radical (unpaired) electrons. The lowest BCUT2D eigenvalue weighted by Crippen LogP contribution is -2.37. The summed E-state index contributed by atoms with van der Waals surface area (Å²) < 4.78 is 1.52. The molecule has 2 heterocycles. The number of carboxylic acid groups (broad SMARTS) is 1. The number of hydrogen-bond acceptors (Lipinski definition) is 2.